The monoisotopic (exact) mass is 306 g/mol. The third kappa shape index (κ3) is 3.45. The summed E-state index contributed by atoms with van der Waals surface area (Å²) in [6, 6.07) is 13.5. The van der Waals surface area contributed by atoms with E-state index in [1.165, 1.54) is 36.0 Å². The van der Waals surface area contributed by atoms with Crippen molar-refractivity contribution in [3.63, 3.8) is 0 Å². The number of aromatic nitrogens is 1. The van der Waals surface area contributed by atoms with Crippen molar-refractivity contribution < 1.29 is 4.74 Å². The molecule has 2 aliphatic rings. The van der Waals surface area contributed by atoms with Gasteiger partial charge in [0, 0.05) is 18.3 Å². The van der Waals surface area contributed by atoms with Crippen LogP contribution in [0.1, 0.15) is 36.8 Å². The van der Waals surface area contributed by atoms with Gasteiger partial charge in [0.2, 0.25) is 0 Å². The molecule has 2 aliphatic heterocycles. The lowest BCUT2D eigenvalue weighted by molar-refractivity contribution is 0.305. The maximum absolute atomic E-state index is 5.91. The van der Waals surface area contributed by atoms with Gasteiger partial charge in [-0.2, -0.15) is 0 Å². The molecule has 2 aromatic rings. The predicted octanol–water partition coefficient (Wildman–Crippen LogP) is 3.96. The maximum Gasteiger partial charge on any atom is 0.138 e. The minimum absolute atomic E-state index is 0.534. The third-order valence-corrected chi connectivity index (χ3v) is 4.72. The van der Waals surface area contributed by atoms with Crippen molar-refractivity contribution in [2.45, 2.75) is 44.4 Å². The highest BCUT2D eigenvalue weighted by Crippen LogP contribution is 2.31. The highest BCUT2D eigenvalue weighted by molar-refractivity contribution is 5.68. The number of piperidine rings is 1. The Labute approximate surface area is 137 Å². The quantitative estimate of drug-likeness (QED) is 0.928. The van der Waals surface area contributed by atoms with Crippen molar-refractivity contribution in [3.8, 4) is 5.75 Å². The fourth-order valence-corrected chi connectivity index (χ4v) is 3.55. The van der Waals surface area contributed by atoms with Crippen molar-refractivity contribution in [3.05, 3.63) is 66.0 Å². The van der Waals surface area contributed by atoms with Crippen LogP contribution < -0.4 is 10.1 Å². The normalized spacial score (nSPS) is 23.2. The van der Waals surface area contributed by atoms with Crippen LogP contribution in [0, 0.1) is 0 Å². The summed E-state index contributed by atoms with van der Waals surface area (Å²) < 4.78 is 5.91. The molecule has 118 valence electrons. The highest BCUT2D eigenvalue weighted by atomic mass is 16.5. The molecule has 4 rings (SSSR count). The minimum Gasteiger partial charge on any atom is -0.487 e. The summed E-state index contributed by atoms with van der Waals surface area (Å²) in [5, 5.41) is 3.69. The molecule has 2 atom stereocenters. The van der Waals surface area contributed by atoms with Crippen molar-refractivity contribution in [1.29, 1.82) is 0 Å². The van der Waals surface area contributed by atoms with Crippen LogP contribution in [0.4, 0.5) is 0 Å². The van der Waals surface area contributed by atoms with E-state index in [1.807, 2.05) is 24.4 Å². The first-order valence-corrected chi connectivity index (χ1v) is 8.46. The largest absolute Gasteiger partial charge is 0.487 e. The second-order valence-electron chi connectivity index (χ2n) is 6.48. The second kappa shape index (κ2) is 6.55. The van der Waals surface area contributed by atoms with E-state index in [1.54, 1.807) is 6.20 Å². The van der Waals surface area contributed by atoms with E-state index in [4.69, 9.17) is 4.74 Å². The van der Waals surface area contributed by atoms with E-state index in [0.717, 1.165) is 12.2 Å². The zero-order valence-electron chi connectivity index (χ0n) is 13.2. The third-order valence-electron chi connectivity index (χ3n) is 4.72. The Morgan fingerprint density at radius 3 is 2.91 bits per heavy atom. The van der Waals surface area contributed by atoms with Crippen LogP contribution in [0.2, 0.25) is 0 Å². The van der Waals surface area contributed by atoms with Crippen LogP contribution in [0.25, 0.3) is 5.57 Å². The molecule has 1 N–H and O–H groups in total. The zero-order valence-corrected chi connectivity index (χ0v) is 13.2. The van der Waals surface area contributed by atoms with Gasteiger partial charge in [-0.3, -0.25) is 4.98 Å². The Balaban J connectivity index is 1.49. The van der Waals surface area contributed by atoms with E-state index in [2.05, 4.69) is 34.6 Å². The molecule has 0 radical (unpaired) electrons. The molecule has 1 fully saturated rings. The number of rotatable bonds is 4. The second-order valence-corrected chi connectivity index (χ2v) is 6.48. The molecule has 3 heterocycles. The standard InChI is InChI=1S/C20H22N2O/c1-2-5-15(6-3-1)14-23-20-11-17(12-21-13-20)16-9-18-7-4-8-19(10-16)22-18/h1-3,5-6,9,11-13,18-19,22H,4,7-8,10,14H2. The number of ether oxygens (including phenoxy) is 1. The molecule has 0 saturated carbocycles. The summed E-state index contributed by atoms with van der Waals surface area (Å²) >= 11 is 0. The van der Waals surface area contributed by atoms with E-state index in [9.17, 15) is 0 Å². The Morgan fingerprint density at radius 1 is 1.13 bits per heavy atom. The Kier molecular flexibility index (Phi) is 4.12. The Bertz CT molecular complexity index is 696. The first-order chi connectivity index (χ1) is 11.4. The molecule has 0 spiro atoms. The lowest BCUT2D eigenvalue weighted by atomic mass is 9.85. The topological polar surface area (TPSA) is 34.1 Å². The fourth-order valence-electron chi connectivity index (χ4n) is 3.55. The molecule has 1 aromatic heterocycles. The van der Waals surface area contributed by atoms with Crippen molar-refractivity contribution in [2.24, 2.45) is 0 Å². The molecule has 2 unspecified atom stereocenters. The van der Waals surface area contributed by atoms with Gasteiger partial charge < -0.3 is 10.1 Å². The number of pyridine rings is 1. The van der Waals surface area contributed by atoms with E-state index in [0.29, 0.717) is 18.7 Å². The summed E-state index contributed by atoms with van der Waals surface area (Å²) in [4.78, 5) is 4.38. The summed E-state index contributed by atoms with van der Waals surface area (Å²) in [7, 11) is 0. The minimum atomic E-state index is 0.534. The van der Waals surface area contributed by atoms with Crippen molar-refractivity contribution >= 4 is 5.57 Å². The number of benzene rings is 1. The first-order valence-electron chi connectivity index (χ1n) is 8.46. The molecular formula is C20H22N2O. The van der Waals surface area contributed by atoms with E-state index >= 15 is 0 Å². The average molecular weight is 306 g/mol. The molecule has 1 saturated heterocycles. The van der Waals surface area contributed by atoms with Gasteiger partial charge in [-0.15, -0.1) is 0 Å². The van der Waals surface area contributed by atoms with Crippen molar-refractivity contribution in [1.82, 2.24) is 10.3 Å². The van der Waals surface area contributed by atoms with Gasteiger partial charge in [0.1, 0.15) is 12.4 Å². The lowest BCUT2D eigenvalue weighted by Gasteiger charge is -2.35. The van der Waals surface area contributed by atoms with Gasteiger partial charge in [0.15, 0.2) is 0 Å². The van der Waals surface area contributed by atoms with Crippen LogP contribution in [-0.4, -0.2) is 17.1 Å². The van der Waals surface area contributed by atoms with Crippen LogP contribution in [0.3, 0.4) is 0 Å². The molecule has 23 heavy (non-hydrogen) atoms. The molecule has 0 amide bonds. The van der Waals surface area contributed by atoms with Crippen LogP contribution in [0.5, 0.6) is 5.75 Å². The van der Waals surface area contributed by atoms with Crippen LogP contribution in [-0.2, 0) is 6.61 Å². The number of nitrogens with one attached hydrogen (secondary N) is 1. The predicted molar refractivity (Wildman–Crippen MR) is 92.2 cm³/mol. The number of hydrogen-bond donors (Lipinski definition) is 1. The lowest BCUT2D eigenvalue weighted by Crippen LogP contribution is -2.44. The van der Waals surface area contributed by atoms with Gasteiger partial charge in [-0.05, 0) is 42.0 Å². The van der Waals surface area contributed by atoms with Gasteiger partial charge >= 0.3 is 0 Å². The van der Waals surface area contributed by atoms with Gasteiger partial charge in [0.25, 0.3) is 0 Å². The van der Waals surface area contributed by atoms with Gasteiger partial charge in [-0.1, -0.05) is 42.8 Å². The SMILES string of the molecule is C1=C(c2cncc(OCc3ccccc3)c2)CC2CCCC1N2. The molecular weight excluding hydrogens is 284 g/mol. The highest BCUT2D eigenvalue weighted by Gasteiger charge is 2.26. The molecule has 1 aromatic carbocycles. The summed E-state index contributed by atoms with van der Waals surface area (Å²) in [5.74, 6) is 0.843. The Hall–Kier alpha value is -2.13. The Morgan fingerprint density at radius 2 is 2.04 bits per heavy atom. The number of fused-ring (bicyclic) bond motifs is 2. The fraction of sp³-hybridized carbons (Fsp3) is 0.350. The van der Waals surface area contributed by atoms with E-state index in [-0.39, 0.29) is 0 Å². The smallest absolute Gasteiger partial charge is 0.138 e. The molecule has 0 aliphatic carbocycles. The number of hydrogen-bond acceptors (Lipinski definition) is 3. The molecule has 3 heteroatoms. The summed E-state index contributed by atoms with van der Waals surface area (Å²) in [5.41, 5.74) is 3.79. The molecule has 2 bridgehead atoms. The van der Waals surface area contributed by atoms with Gasteiger partial charge in [0.05, 0.1) is 6.20 Å². The summed E-state index contributed by atoms with van der Waals surface area (Å²) in [6.07, 6.45) is 11.1. The summed E-state index contributed by atoms with van der Waals surface area (Å²) in [6.45, 7) is 0.581. The van der Waals surface area contributed by atoms with Crippen LogP contribution in [0.15, 0.2) is 54.9 Å². The molecule has 3 nitrogen and oxygen atoms in total. The number of nitrogens with zero attached hydrogens (tertiary/aromatic N) is 1. The maximum atomic E-state index is 5.91. The van der Waals surface area contributed by atoms with E-state index < -0.39 is 0 Å². The first kappa shape index (κ1) is 14.5. The van der Waals surface area contributed by atoms with Gasteiger partial charge in [-0.25, -0.2) is 0 Å². The average Bonchev–Trinajstić information content (AvgIpc) is 2.61. The van der Waals surface area contributed by atoms with Crippen LogP contribution >= 0.6 is 0 Å². The van der Waals surface area contributed by atoms with Crippen molar-refractivity contribution in [2.75, 3.05) is 0 Å². The zero-order chi connectivity index (χ0) is 15.5.